The van der Waals surface area contributed by atoms with E-state index in [4.69, 9.17) is 27.9 Å². The molecule has 30 heavy (non-hydrogen) atoms. The maximum absolute atomic E-state index is 13.0. The zero-order valence-electron chi connectivity index (χ0n) is 15.7. The Morgan fingerprint density at radius 2 is 1.87 bits per heavy atom. The van der Waals surface area contributed by atoms with Gasteiger partial charge in [-0.2, -0.15) is 4.31 Å². The highest BCUT2D eigenvalue weighted by molar-refractivity contribution is 7.89. The molecule has 1 saturated heterocycles. The number of rotatable bonds is 5. The van der Waals surface area contributed by atoms with Crippen molar-refractivity contribution in [1.82, 2.24) is 4.31 Å². The van der Waals surface area contributed by atoms with Gasteiger partial charge >= 0.3 is 0 Å². The first-order valence-corrected chi connectivity index (χ1v) is 10.9. The lowest BCUT2D eigenvalue weighted by molar-refractivity contribution is -0.385. The standard InChI is InChI=1S/C18H17Cl2N3O6S/c1-11-15(3-2-4-16(11)23(25)26)21-18(24)12-9-17(14(20)10-13(12)19)30(27,28)22-5-7-29-8-6-22/h2-4,9-10H,5-8H2,1H3,(H,21,24). The number of morpholine rings is 1. The fourth-order valence-electron chi connectivity index (χ4n) is 2.97. The number of carbonyl (C=O) groups excluding carboxylic acids is 1. The number of hydrogen-bond donors (Lipinski definition) is 1. The lowest BCUT2D eigenvalue weighted by Gasteiger charge is -2.26. The molecule has 1 fully saturated rings. The Bertz CT molecular complexity index is 1120. The highest BCUT2D eigenvalue weighted by Gasteiger charge is 2.30. The van der Waals surface area contributed by atoms with Crippen molar-refractivity contribution in [2.75, 3.05) is 31.6 Å². The summed E-state index contributed by atoms with van der Waals surface area (Å²) in [4.78, 5) is 23.1. The van der Waals surface area contributed by atoms with E-state index in [1.165, 1.54) is 35.5 Å². The van der Waals surface area contributed by atoms with Gasteiger partial charge < -0.3 is 10.1 Å². The van der Waals surface area contributed by atoms with Gasteiger partial charge in [0.1, 0.15) is 4.90 Å². The van der Waals surface area contributed by atoms with Gasteiger partial charge in [-0.25, -0.2) is 8.42 Å². The number of anilines is 1. The molecule has 3 rings (SSSR count). The van der Waals surface area contributed by atoms with Crippen LogP contribution in [0.3, 0.4) is 0 Å². The number of carbonyl (C=O) groups is 1. The van der Waals surface area contributed by atoms with Crippen molar-refractivity contribution >= 4 is 50.5 Å². The summed E-state index contributed by atoms with van der Waals surface area (Å²) < 4.78 is 32.3. The van der Waals surface area contributed by atoms with Crippen molar-refractivity contribution < 1.29 is 22.9 Å². The van der Waals surface area contributed by atoms with E-state index in [9.17, 15) is 23.3 Å². The molecule has 1 aliphatic heterocycles. The Kier molecular flexibility index (Phi) is 6.63. The molecule has 0 saturated carbocycles. The summed E-state index contributed by atoms with van der Waals surface area (Å²) in [6.45, 7) is 2.32. The molecule has 0 aromatic heterocycles. The third kappa shape index (κ3) is 4.42. The van der Waals surface area contributed by atoms with Crippen molar-refractivity contribution in [3.8, 4) is 0 Å². The second-order valence-corrected chi connectivity index (χ2v) is 9.16. The van der Waals surface area contributed by atoms with Crippen LogP contribution in [0.5, 0.6) is 0 Å². The number of benzene rings is 2. The van der Waals surface area contributed by atoms with Gasteiger partial charge in [-0.05, 0) is 25.1 Å². The Balaban J connectivity index is 1.97. The summed E-state index contributed by atoms with van der Waals surface area (Å²) in [5.74, 6) is -0.723. The monoisotopic (exact) mass is 473 g/mol. The number of hydrogen-bond acceptors (Lipinski definition) is 6. The molecule has 9 nitrogen and oxygen atoms in total. The highest BCUT2D eigenvalue weighted by Crippen LogP contribution is 2.32. The van der Waals surface area contributed by atoms with Crippen molar-refractivity contribution in [3.05, 3.63) is 61.6 Å². The van der Waals surface area contributed by atoms with Crippen LogP contribution < -0.4 is 5.32 Å². The number of nitrogens with one attached hydrogen (secondary N) is 1. The number of ether oxygens (including phenoxy) is 1. The van der Waals surface area contributed by atoms with Crippen LogP contribution in [0.1, 0.15) is 15.9 Å². The SMILES string of the molecule is Cc1c(NC(=O)c2cc(S(=O)(=O)N3CCOCC3)c(Cl)cc2Cl)cccc1[N+](=O)[O-]. The van der Waals surface area contributed by atoms with Crippen molar-refractivity contribution in [2.45, 2.75) is 11.8 Å². The molecule has 0 bridgehead atoms. The molecule has 1 amide bonds. The van der Waals surface area contributed by atoms with Crippen LogP contribution in [0.15, 0.2) is 35.2 Å². The third-order valence-corrected chi connectivity index (χ3v) is 7.28. The normalized spacial score (nSPS) is 15.0. The maximum atomic E-state index is 13.0. The van der Waals surface area contributed by atoms with Gasteiger partial charge in [-0.1, -0.05) is 29.3 Å². The van der Waals surface area contributed by atoms with E-state index < -0.39 is 20.9 Å². The second-order valence-electron chi connectivity index (χ2n) is 6.44. The average Bonchev–Trinajstić information content (AvgIpc) is 2.69. The molecule has 160 valence electrons. The van der Waals surface area contributed by atoms with Crippen molar-refractivity contribution in [1.29, 1.82) is 0 Å². The predicted octanol–water partition coefficient (Wildman–Crippen LogP) is 3.48. The van der Waals surface area contributed by atoms with Gasteiger partial charge in [-0.15, -0.1) is 0 Å². The largest absolute Gasteiger partial charge is 0.379 e. The van der Waals surface area contributed by atoms with Gasteiger partial charge in [0, 0.05) is 19.2 Å². The maximum Gasteiger partial charge on any atom is 0.274 e. The molecule has 1 heterocycles. The minimum absolute atomic E-state index is 0.0542. The highest BCUT2D eigenvalue weighted by atomic mass is 35.5. The van der Waals surface area contributed by atoms with E-state index in [0.29, 0.717) is 0 Å². The molecule has 0 aliphatic carbocycles. The van der Waals surface area contributed by atoms with E-state index in [1.54, 1.807) is 0 Å². The molecular weight excluding hydrogens is 457 g/mol. The van der Waals surface area contributed by atoms with Crippen LogP contribution in [-0.4, -0.2) is 49.9 Å². The fraction of sp³-hybridized carbons (Fsp3) is 0.278. The minimum atomic E-state index is -3.97. The topological polar surface area (TPSA) is 119 Å². The van der Waals surface area contributed by atoms with Crippen LogP contribution >= 0.6 is 23.2 Å². The lowest BCUT2D eigenvalue weighted by atomic mass is 10.1. The number of nitro benzene ring substituents is 1. The summed E-state index contributed by atoms with van der Waals surface area (Å²) in [5.41, 5.74) is 0.171. The molecule has 2 aromatic carbocycles. The zero-order chi connectivity index (χ0) is 22.1. The van der Waals surface area contributed by atoms with Crippen LogP contribution in [0.2, 0.25) is 10.0 Å². The van der Waals surface area contributed by atoms with Crippen molar-refractivity contribution in [3.63, 3.8) is 0 Å². The van der Waals surface area contributed by atoms with Gasteiger partial charge in [0.05, 0.1) is 45.0 Å². The van der Waals surface area contributed by atoms with Crippen LogP contribution in [-0.2, 0) is 14.8 Å². The predicted molar refractivity (Wildman–Crippen MR) is 112 cm³/mol. The summed E-state index contributed by atoms with van der Waals surface area (Å²) in [6, 6.07) is 6.53. The summed E-state index contributed by atoms with van der Waals surface area (Å²) >= 11 is 12.3. The first-order valence-electron chi connectivity index (χ1n) is 8.75. The number of amides is 1. The van der Waals surface area contributed by atoms with Crippen LogP contribution in [0, 0.1) is 17.0 Å². The van der Waals surface area contributed by atoms with E-state index in [0.717, 1.165) is 6.07 Å². The third-order valence-electron chi connectivity index (χ3n) is 4.60. The van der Waals surface area contributed by atoms with Crippen molar-refractivity contribution in [2.24, 2.45) is 0 Å². The number of nitro groups is 1. The molecule has 12 heteroatoms. The Morgan fingerprint density at radius 1 is 1.20 bits per heavy atom. The summed E-state index contributed by atoms with van der Waals surface area (Å²) in [7, 11) is -3.97. The number of sulfonamides is 1. The summed E-state index contributed by atoms with van der Waals surface area (Å²) in [5, 5.41) is 13.5. The molecule has 2 aromatic rings. The first-order chi connectivity index (χ1) is 14.1. The van der Waals surface area contributed by atoms with E-state index in [-0.39, 0.29) is 63.7 Å². The minimum Gasteiger partial charge on any atom is -0.379 e. The molecule has 0 spiro atoms. The van der Waals surface area contributed by atoms with E-state index >= 15 is 0 Å². The molecule has 0 radical (unpaired) electrons. The molecule has 0 atom stereocenters. The molecule has 1 N–H and O–H groups in total. The van der Waals surface area contributed by atoms with Crippen LogP contribution in [0.4, 0.5) is 11.4 Å². The molecule has 0 unspecified atom stereocenters. The van der Waals surface area contributed by atoms with E-state index in [1.807, 2.05) is 0 Å². The first kappa shape index (κ1) is 22.4. The molecular formula is C18H17Cl2N3O6S. The number of nitrogens with zero attached hydrogens (tertiary/aromatic N) is 2. The Hall–Kier alpha value is -2.24. The van der Waals surface area contributed by atoms with Gasteiger partial charge in [0.2, 0.25) is 10.0 Å². The van der Waals surface area contributed by atoms with E-state index in [2.05, 4.69) is 5.32 Å². The Morgan fingerprint density at radius 3 is 2.50 bits per heavy atom. The zero-order valence-corrected chi connectivity index (χ0v) is 18.1. The van der Waals surface area contributed by atoms with Gasteiger partial charge in [0.15, 0.2) is 0 Å². The van der Waals surface area contributed by atoms with Crippen LogP contribution in [0.25, 0.3) is 0 Å². The fourth-order valence-corrected chi connectivity index (χ4v) is 5.21. The number of halogens is 2. The van der Waals surface area contributed by atoms with Gasteiger partial charge in [-0.3, -0.25) is 14.9 Å². The summed E-state index contributed by atoms with van der Waals surface area (Å²) in [6.07, 6.45) is 0. The smallest absolute Gasteiger partial charge is 0.274 e. The molecule has 1 aliphatic rings. The van der Waals surface area contributed by atoms with Gasteiger partial charge in [0.25, 0.3) is 11.6 Å². The Labute approximate surface area is 182 Å². The second kappa shape index (κ2) is 8.86. The lowest BCUT2D eigenvalue weighted by Crippen LogP contribution is -2.40. The quantitative estimate of drug-likeness (QED) is 0.524. The average molecular weight is 474 g/mol.